The molecule has 1 aliphatic heterocycles. The molecule has 2 heterocycles. The first kappa shape index (κ1) is 14.9. The normalized spacial score (nSPS) is 14.0. The summed E-state index contributed by atoms with van der Waals surface area (Å²) in [5.74, 6) is 1.05. The van der Waals surface area contributed by atoms with Crippen LogP contribution in [0.1, 0.15) is 6.42 Å². The van der Waals surface area contributed by atoms with E-state index in [0.29, 0.717) is 31.3 Å². The minimum absolute atomic E-state index is 0.192. The summed E-state index contributed by atoms with van der Waals surface area (Å²) in [6.45, 7) is 2.07. The largest absolute Gasteiger partial charge is 0.486 e. The van der Waals surface area contributed by atoms with E-state index in [1.165, 1.54) is 12.1 Å². The fourth-order valence-electron chi connectivity index (χ4n) is 2.26. The Hall–Kier alpha value is -1.99. The van der Waals surface area contributed by atoms with E-state index in [1.54, 1.807) is 6.07 Å². The maximum atomic E-state index is 12.3. The molecule has 6 nitrogen and oxygen atoms in total. The van der Waals surface area contributed by atoms with Crippen molar-refractivity contribution in [3.63, 3.8) is 0 Å². The quantitative estimate of drug-likeness (QED) is 0.821. The Morgan fingerprint density at radius 2 is 1.82 bits per heavy atom. The number of nitrogens with zero attached hydrogens (tertiary/aromatic N) is 1. The SMILES string of the molecule is O=S(=O)(NCCCn1cccc1)c1ccc2c(c1)OCCO2. The van der Waals surface area contributed by atoms with Crippen molar-refractivity contribution in [2.45, 2.75) is 17.9 Å². The first-order valence-electron chi connectivity index (χ1n) is 7.15. The highest BCUT2D eigenvalue weighted by atomic mass is 32.2. The Labute approximate surface area is 129 Å². The van der Waals surface area contributed by atoms with E-state index in [9.17, 15) is 8.42 Å². The van der Waals surface area contributed by atoms with Crippen LogP contribution in [0, 0.1) is 0 Å². The molecular formula is C15H18N2O4S. The van der Waals surface area contributed by atoms with Crippen LogP contribution in [0.25, 0.3) is 0 Å². The number of benzene rings is 1. The predicted molar refractivity (Wildman–Crippen MR) is 81.7 cm³/mol. The van der Waals surface area contributed by atoms with Crippen molar-refractivity contribution in [3.8, 4) is 11.5 Å². The Balaban J connectivity index is 1.60. The number of nitrogens with one attached hydrogen (secondary N) is 1. The number of fused-ring (bicyclic) bond motifs is 1. The average molecular weight is 322 g/mol. The van der Waals surface area contributed by atoms with Crippen molar-refractivity contribution in [1.82, 2.24) is 9.29 Å². The monoisotopic (exact) mass is 322 g/mol. The lowest BCUT2D eigenvalue weighted by Crippen LogP contribution is -2.26. The fourth-order valence-corrected chi connectivity index (χ4v) is 3.35. The molecule has 118 valence electrons. The number of aryl methyl sites for hydroxylation is 1. The van der Waals surface area contributed by atoms with Crippen molar-refractivity contribution in [1.29, 1.82) is 0 Å². The average Bonchev–Trinajstić information content (AvgIpc) is 3.04. The number of rotatable bonds is 6. The molecule has 0 atom stereocenters. The van der Waals surface area contributed by atoms with Gasteiger partial charge in [-0.1, -0.05) is 0 Å². The second-order valence-corrected chi connectivity index (χ2v) is 6.74. The number of hydrogen-bond acceptors (Lipinski definition) is 4. The summed E-state index contributed by atoms with van der Waals surface area (Å²) < 4.78 is 40.0. The van der Waals surface area contributed by atoms with Crippen LogP contribution in [0.4, 0.5) is 0 Å². The second-order valence-electron chi connectivity index (χ2n) is 4.98. The highest BCUT2D eigenvalue weighted by Gasteiger charge is 2.18. The first-order chi connectivity index (χ1) is 10.6. The molecule has 1 aliphatic rings. The molecule has 7 heteroatoms. The number of aromatic nitrogens is 1. The van der Waals surface area contributed by atoms with Gasteiger partial charge in [0, 0.05) is 31.5 Å². The van der Waals surface area contributed by atoms with Crippen LogP contribution in [-0.4, -0.2) is 32.7 Å². The van der Waals surface area contributed by atoms with Crippen LogP contribution in [0.5, 0.6) is 11.5 Å². The van der Waals surface area contributed by atoms with E-state index in [0.717, 1.165) is 13.0 Å². The molecule has 2 aromatic rings. The van der Waals surface area contributed by atoms with Crippen LogP contribution in [0.2, 0.25) is 0 Å². The summed E-state index contributed by atoms with van der Waals surface area (Å²) in [6, 6.07) is 8.55. The van der Waals surface area contributed by atoms with Crippen molar-refractivity contribution in [3.05, 3.63) is 42.7 Å². The zero-order chi connectivity index (χ0) is 15.4. The van der Waals surface area contributed by atoms with Gasteiger partial charge >= 0.3 is 0 Å². The van der Waals surface area contributed by atoms with E-state index in [4.69, 9.17) is 9.47 Å². The van der Waals surface area contributed by atoms with Crippen LogP contribution in [-0.2, 0) is 16.6 Å². The molecule has 3 rings (SSSR count). The lowest BCUT2D eigenvalue weighted by Gasteiger charge is -2.18. The fraction of sp³-hybridized carbons (Fsp3) is 0.333. The molecule has 0 unspecified atom stereocenters. The zero-order valence-electron chi connectivity index (χ0n) is 12.1. The molecule has 0 radical (unpaired) electrons. The van der Waals surface area contributed by atoms with Crippen molar-refractivity contribution in [2.24, 2.45) is 0 Å². The molecule has 0 fully saturated rings. The lowest BCUT2D eigenvalue weighted by molar-refractivity contribution is 0.171. The van der Waals surface area contributed by atoms with Crippen molar-refractivity contribution >= 4 is 10.0 Å². The first-order valence-corrected chi connectivity index (χ1v) is 8.63. The maximum Gasteiger partial charge on any atom is 0.240 e. The maximum absolute atomic E-state index is 12.3. The van der Waals surface area contributed by atoms with Gasteiger partial charge < -0.3 is 14.0 Å². The second kappa shape index (κ2) is 6.41. The van der Waals surface area contributed by atoms with E-state index >= 15 is 0 Å². The molecule has 22 heavy (non-hydrogen) atoms. The lowest BCUT2D eigenvalue weighted by atomic mass is 10.3. The zero-order valence-corrected chi connectivity index (χ0v) is 12.9. The van der Waals surface area contributed by atoms with Gasteiger partial charge in [-0.3, -0.25) is 0 Å². The molecule has 0 saturated heterocycles. The van der Waals surface area contributed by atoms with E-state index in [2.05, 4.69) is 4.72 Å². The minimum atomic E-state index is -3.53. The minimum Gasteiger partial charge on any atom is -0.486 e. The molecule has 1 aromatic heterocycles. The van der Waals surface area contributed by atoms with Gasteiger partial charge in [0.2, 0.25) is 10.0 Å². The standard InChI is InChI=1S/C15H18N2O4S/c18-22(19,16-6-3-9-17-7-1-2-8-17)13-4-5-14-15(12-13)21-11-10-20-14/h1-2,4-5,7-8,12,16H,3,6,9-11H2. The third-order valence-corrected chi connectivity index (χ3v) is 4.83. The van der Waals surface area contributed by atoms with Crippen molar-refractivity contribution in [2.75, 3.05) is 19.8 Å². The summed E-state index contributed by atoms with van der Waals surface area (Å²) >= 11 is 0. The summed E-state index contributed by atoms with van der Waals surface area (Å²) in [5, 5.41) is 0. The molecule has 0 amide bonds. The van der Waals surface area contributed by atoms with Gasteiger partial charge in [-0.15, -0.1) is 0 Å². The van der Waals surface area contributed by atoms with Crippen molar-refractivity contribution < 1.29 is 17.9 Å². The highest BCUT2D eigenvalue weighted by Crippen LogP contribution is 2.32. The Bertz CT molecular complexity index is 726. The van der Waals surface area contributed by atoms with Gasteiger partial charge in [-0.05, 0) is 30.7 Å². The van der Waals surface area contributed by atoms with E-state index < -0.39 is 10.0 Å². The Morgan fingerprint density at radius 3 is 2.59 bits per heavy atom. The van der Waals surface area contributed by atoms with Gasteiger partial charge in [-0.25, -0.2) is 13.1 Å². The summed E-state index contributed by atoms with van der Waals surface area (Å²) in [4.78, 5) is 0.192. The molecular weight excluding hydrogens is 304 g/mol. The topological polar surface area (TPSA) is 69.6 Å². The number of hydrogen-bond donors (Lipinski definition) is 1. The van der Waals surface area contributed by atoms with Gasteiger partial charge in [-0.2, -0.15) is 0 Å². The molecule has 0 bridgehead atoms. The van der Waals surface area contributed by atoms with Gasteiger partial charge in [0.1, 0.15) is 13.2 Å². The molecule has 0 aliphatic carbocycles. The molecule has 0 spiro atoms. The van der Waals surface area contributed by atoms with Crippen LogP contribution in [0.15, 0.2) is 47.6 Å². The highest BCUT2D eigenvalue weighted by molar-refractivity contribution is 7.89. The molecule has 0 saturated carbocycles. The summed E-state index contributed by atoms with van der Waals surface area (Å²) in [7, 11) is -3.53. The Morgan fingerprint density at radius 1 is 1.09 bits per heavy atom. The smallest absolute Gasteiger partial charge is 0.240 e. The van der Waals surface area contributed by atoms with E-state index in [-0.39, 0.29) is 4.90 Å². The van der Waals surface area contributed by atoms with Crippen LogP contribution in [0.3, 0.4) is 0 Å². The number of ether oxygens (including phenoxy) is 2. The van der Waals surface area contributed by atoms with Gasteiger partial charge in [0.25, 0.3) is 0 Å². The third kappa shape index (κ3) is 3.42. The predicted octanol–water partition coefficient (Wildman–Crippen LogP) is 1.63. The molecule has 1 N–H and O–H groups in total. The number of sulfonamides is 1. The summed E-state index contributed by atoms with van der Waals surface area (Å²) in [5.41, 5.74) is 0. The van der Waals surface area contributed by atoms with Crippen LogP contribution < -0.4 is 14.2 Å². The van der Waals surface area contributed by atoms with Crippen LogP contribution >= 0.6 is 0 Å². The molecule has 1 aromatic carbocycles. The van der Waals surface area contributed by atoms with Gasteiger partial charge in [0.15, 0.2) is 11.5 Å². The third-order valence-electron chi connectivity index (χ3n) is 3.38. The van der Waals surface area contributed by atoms with Gasteiger partial charge in [0.05, 0.1) is 4.90 Å². The Kier molecular flexibility index (Phi) is 4.35. The van der Waals surface area contributed by atoms with E-state index in [1.807, 2.05) is 29.1 Å². The summed E-state index contributed by atoms with van der Waals surface area (Å²) in [6.07, 6.45) is 4.63.